The number of carbonyl (C=O) groups is 2. The summed E-state index contributed by atoms with van der Waals surface area (Å²) in [5.41, 5.74) is 0.418. The molecule has 33 heavy (non-hydrogen) atoms. The van der Waals surface area contributed by atoms with Crippen LogP contribution in [0.15, 0.2) is 57.7 Å². The fourth-order valence-electron chi connectivity index (χ4n) is 4.02. The van der Waals surface area contributed by atoms with E-state index < -0.39 is 5.63 Å². The Bertz CT molecular complexity index is 1260. The maximum absolute atomic E-state index is 12.9. The fourth-order valence-corrected chi connectivity index (χ4v) is 4.02. The highest BCUT2D eigenvalue weighted by atomic mass is 16.7. The number of para-hydroxylation sites is 1. The van der Waals surface area contributed by atoms with Crippen LogP contribution in [0.25, 0.3) is 11.0 Å². The molecule has 2 amide bonds. The van der Waals surface area contributed by atoms with Crippen molar-refractivity contribution in [3.63, 3.8) is 0 Å². The molecule has 1 N–H and O–H groups in total. The van der Waals surface area contributed by atoms with Gasteiger partial charge in [0.25, 0.3) is 11.8 Å². The first-order valence-corrected chi connectivity index (χ1v) is 10.8. The van der Waals surface area contributed by atoms with Crippen LogP contribution < -0.4 is 20.4 Å². The summed E-state index contributed by atoms with van der Waals surface area (Å²) in [5.74, 6) is 0.722. The first-order chi connectivity index (χ1) is 16.1. The van der Waals surface area contributed by atoms with Gasteiger partial charge in [-0.25, -0.2) is 4.79 Å². The molecule has 0 atom stereocenters. The van der Waals surface area contributed by atoms with E-state index in [0.717, 1.165) is 5.39 Å². The highest BCUT2D eigenvalue weighted by molar-refractivity contribution is 5.97. The number of ether oxygens (including phenoxy) is 2. The van der Waals surface area contributed by atoms with Gasteiger partial charge in [-0.3, -0.25) is 14.5 Å². The van der Waals surface area contributed by atoms with Crippen molar-refractivity contribution in [2.75, 3.05) is 46.1 Å². The highest BCUT2D eigenvalue weighted by Crippen LogP contribution is 2.32. The number of rotatable bonds is 5. The van der Waals surface area contributed by atoms with Crippen molar-refractivity contribution in [1.82, 2.24) is 15.1 Å². The lowest BCUT2D eigenvalue weighted by Gasteiger charge is -2.34. The van der Waals surface area contributed by atoms with Gasteiger partial charge < -0.3 is 24.1 Å². The number of hydrogen-bond acceptors (Lipinski definition) is 7. The molecular formula is C24H23N3O6. The number of piperazine rings is 1. The van der Waals surface area contributed by atoms with Crippen molar-refractivity contribution in [1.29, 1.82) is 0 Å². The second kappa shape index (κ2) is 8.95. The van der Waals surface area contributed by atoms with E-state index >= 15 is 0 Å². The van der Waals surface area contributed by atoms with E-state index in [1.807, 2.05) is 12.1 Å². The van der Waals surface area contributed by atoms with Crippen molar-refractivity contribution in [3.05, 3.63) is 70.1 Å². The third kappa shape index (κ3) is 4.40. The Morgan fingerprint density at radius 1 is 0.939 bits per heavy atom. The SMILES string of the molecule is O=C(NCCN1CCN(C(=O)c2cc3ccccc3oc2=O)CC1)c1ccc2c(c1)OCO2. The van der Waals surface area contributed by atoms with Gasteiger partial charge >= 0.3 is 5.63 Å². The van der Waals surface area contributed by atoms with Crippen molar-refractivity contribution >= 4 is 22.8 Å². The Morgan fingerprint density at radius 2 is 1.73 bits per heavy atom. The fraction of sp³-hybridized carbons (Fsp3) is 0.292. The van der Waals surface area contributed by atoms with Gasteiger partial charge in [-0.1, -0.05) is 18.2 Å². The third-order valence-electron chi connectivity index (χ3n) is 5.88. The largest absolute Gasteiger partial charge is 0.454 e. The van der Waals surface area contributed by atoms with Crippen LogP contribution in [0, 0.1) is 0 Å². The Balaban J connectivity index is 1.12. The van der Waals surface area contributed by atoms with Gasteiger partial charge in [0.05, 0.1) is 0 Å². The Labute approximate surface area is 189 Å². The maximum atomic E-state index is 12.9. The summed E-state index contributed by atoms with van der Waals surface area (Å²) >= 11 is 0. The molecular weight excluding hydrogens is 426 g/mol. The van der Waals surface area contributed by atoms with Crippen molar-refractivity contribution < 1.29 is 23.5 Å². The number of amides is 2. The number of nitrogens with one attached hydrogen (secondary N) is 1. The van der Waals surface area contributed by atoms with Crippen LogP contribution in [0.2, 0.25) is 0 Å². The van der Waals surface area contributed by atoms with Crippen LogP contribution >= 0.6 is 0 Å². The smallest absolute Gasteiger partial charge is 0.349 e. The van der Waals surface area contributed by atoms with Gasteiger partial charge in [0.15, 0.2) is 11.5 Å². The lowest BCUT2D eigenvalue weighted by molar-refractivity contribution is 0.0634. The molecule has 0 unspecified atom stereocenters. The number of carbonyl (C=O) groups excluding carboxylic acids is 2. The van der Waals surface area contributed by atoms with Gasteiger partial charge in [-0.2, -0.15) is 0 Å². The quantitative estimate of drug-likeness (QED) is 0.592. The molecule has 170 valence electrons. The van der Waals surface area contributed by atoms with E-state index in [-0.39, 0.29) is 24.2 Å². The van der Waals surface area contributed by atoms with E-state index in [4.69, 9.17) is 13.9 Å². The normalized spacial score (nSPS) is 15.6. The topological polar surface area (TPSA) is 101 Å². The van der Waals surface area contributed by atoms with Crippen LogP contribution in [-0.2, 0) is 0 Å². The molecule has 0 spiro atoms. The minimum atomic E-state index is -0.618. The van der Waals surface area contributed by atoms with Crippen LogP contribution in [0.4, 0.5) is 0 Å². The Kier molecular flexibility index (Phi) is 5.70. The Morgan fingerprint density at radius 3 is 2.58 bits per heavy atom. The van der Waals surface area contributed by atoms with Crippen LogP contribution in [-0.4, -0.2) is 67.7 Å². The molecule has 3 heterocycles. The third-order valence-corrected chi connectivity index (χ3v) is 5.88. The van der Waals surface area contributed by atoms with Crippen molar-refractivity contribution in [2.24, 2.45) is 0 Å². The van der Waals surface area contributed by atoms with Crippen LogP contribution in [0.3, 0.4) is 0 Å². The monoisotopic (exact) mass is 449 g/mol. The summed E-state index contributed by atoms with van der Waals surface area (Å²) in [6, 6.07) is 13.8. The standard InChI is InChI=1S/C24H23N3O6/c28-22(17-5-6-20-21(14-17)32-15-31-20)25-7-8-26-9-11-27(12-10-26)23(29)18-13-16-3-1-2-4-19(16)33-24(18)30/h1-6,13-14H,7-12,15H2,(H,25,28). The molecule has 1 fully saturated rings. The van der Waals surface area contributed by atoms with Crippen LogP contribution in [0.1, 0.15) is 20.7 Å². The van der Waals surface area contributed by atoms with E-state index in [1.54, 1.807) is 41.3 Å². The average molecular weight is 449 g/mol. The zero-order valence-electron chi connectivity index (χ0n) is 17.9. The number of nitrogens with zero attached hydrogens (tertiary/aromatic N) is 2. The van der Waals surface area contributed by atoms with Gasteiger partial charge in [-0.05, 0) is 30.3 Å². The zero-order valence-corrected chi connectivity index (χ0v) is 17.9. The number of benzene rings is 2. The summed E-state index contributed by atoms with van der Waals surface area (Å²) in [6.45, 7) is 3.63. The molecule has 9 heteroatoms. The lowest BCUT2D eigenvalue weighted by atomic mass is 10.1. The molecule has 0 bridgehead atoms. The molecule has 9 nitrogen and oxygen atoms in total. The predicted octanol–water partition coefficient (Wildman–Crippen LogP) is 1.71. The molecule has 5 rings (SSSR count). The maximum Gasteiger partial charge on any atom is 0.349 e. The molecule has 2 aliphatic rings. The molecule has 0 radical (unpaired) electrons. The predicted molar refractivity (Wildman–Crippen MR) is 120 cm³/mol. The summed E-state index contributed by atoms with van der Waals surface area (Å²) in [7, 11) is 0. The second-order valence-electron chi connectivity index (χ2n) is 7.94. The molecule has 2 aliphatic heterocycles. The van der Waals surface area contributed by atoms with Gasteiger partial charge in [-0.15, -0.1) is 0 Å². The molecule has 3 aromatic rings. The van der Waals surface area contributed by atoms with Crippen molar-refractivity contribution in [2.45, 2.75) is 0 Å². The molecule has 1 saturated heterocycles. The summed E-state index contributed by atoms with van der Waals surface area (Å²) in [6.07, 6.45) is 0. The summed E-state index contributed by atoms with van der Waals surface area (Å²) in [4.78, 5) is 41.4. The summed E-state index contributed by atoms with van der Waals surface area (Å²) in [5, 5.41) is 3.63. The minimum absolute atomic E-state index is 0.0538. The second-order valence-corrected chi connectivity index (χ2v) is 7.94. The lowest BCUT2D eigenvalue weighted by Crippen LogP contribution is -2.50. The minimum Gasteiger partial charge on any atom is -0.454 e. The van der Waals surface area contributed by atoms with E-state index in [0.29, 0.717) is 61.9 Å². The van der Waals surface area contributed by atoms with Crippen LogP contribution in [0.5, 0.6) is 11.5 Å². The van der Waals surface area contributed by atoms with E-state index in [1.165, 1.54) is 0 Å². The average Bonchev–Trinajstić information content (AvgIpc) is 3.31. The van der Waals surface area contributed by atoms with E-state index in [9.17, 15) is 14.4 Å². The Hall–Kier alpha value is -3.85. The van der Waals surface area contributed by atoms with E-state index in [2.05, 4.69) is 10.2 Å². The van der Waals surface area contributed by atoms with Gasteiger partial charge in [0.1, 0.15) is 11.1 Å². The number of fused-ring (bicyclic) bond motifs is 2. The molecule has 2 aromatic carbocycles. The highest BCUT2D eigenvalue weighted by Gasteiger charge is 2.25. The van der Waals surface area contributed by atoms with Crippen molar-refractivity contribution in [3.8, 4) is 11.5 Å². The first-order valence-electron chi connectivity index (χ1n) is 10.8. The molecule has 0 saturated carbocycles. The first kappa shape index (κ1) is 21.0. The summed E-state index contributed by atoms with van der Waals surface area (Å²) < 4.78 is 15.9. The zero-order chi connectivity index (χ0) is 22.8. The van der Waals surface area contributed by atoms with Gasteiger partial charge in [0.2, 0.25) is 6.79 Å². The molecule has 1 aromatic heterocycles. The number of hydrogen-bond donors (Lipinski definition) is 1. The van der Waals surface area contributed by atoms with Gasteiger partial charge in [0, 0.05) is 50.2 Å². The molecule has 0 aliphatic carbocycles.